The highest BCUT2D eigenvalue weighted by Crippen LogP contribution is 2.26. The first-order chi connectivity index (χ1) is 23.5. The number of unbranched alkanes of at least 4 members (excludes halogenated alkanes) is 19. The van der Waals surface area contributed by atoms with Crippen molar-refractivity contribution in [1.82, 2.24) is 5.32 Å². The highest BCUT2D eigenvalue weighted by atomic mass is 32.3. The zero-order valence-electron chi connectivity index (χ0n) is 30.3. The molecule has 1 heterocycles. The van der Waals surface area contributed by atoms with E-state index in [1.165, 1.54) is 89.9 Å². The van der Waals surface area contributed by atoms with Crippen LogP contribution in [0.15, 0.2) is 12.2 Å². The number of aliphatic hydroxyl groups is 4. The van der Waals surface area contributed by atoms with Crippen molar-refractivity contribution in [3.8, 4) is 0 Å². The smallest absolute Gasteiger partial charge is 0.394 e. The summed E-state index contributed by atoms with van der Waals surface area (Å²) in [5, 5.41) is 44.3. The number of nitrogens with one attached hydrogen (secondary N) is 1. The third kappa shape index (κ3) is 22.4. The summed E-state index contributed by atoms with van der Waals surface area (Å²) in [6.07, 6.45) is 18.4. The monoisotopic (exact) mass is 723 g/mol. The zero-order chi connectivity index (χ0) is 36.3. The number of carbonyl (C=O) groups excluding carboxylic acids is 1. The SMILES string of the molecule is CCCCCCCCCCCCC/C=C/[C@@H](O)[C@H](CO[C@@H]1OC(CO)[C@H](O)C(OS(=O)(=O)O)C1O)NC(=O)CCCCCCCCCCC. The van der Waals surface area contributed by atoms with Crippen LogP contribution in [0.3, 0.4) is 0 Å². The molecule has 1 aliphatic rings. The Bertz CT molecular complexity index is 951. The van der Waals surface area contributed by atoms with Gasteiger partial charge in [-0.25, -0.2) is 4.18 Å². The standard InChI is InChI=1S/C36H69NO11S/c1-3-5-7-9-11-13-14-15-16-18-19-21-23-25-30(39)29(37-32(40)26-24-22-20-17-12-10-8-6-4-2)28-46-36-34(42)35(48-49(43,44)45)33(41)31(27-38)47-36/h23,25,29-31,33-36,38-39,41-42H,3-22,24,26-28H2,1-2H3,(H,37,40)(H,43,44,45)/b25-23+/t29-,30+,31?,33-,34?,35?,36+/m0/s1. The Morgan fingerprint density at radius 3 is 1.78 bits per heavy atom. The van der Waals surface area contributed by atoms with E-state index in [2.05, 4.69) is 23.3 Å². The molecule has 1 saturated heterocycles. The molecule has 0 bridgehead atoms. The largest absolute Gasteiger partial charge is 0.397 e. The number of amides is 1. The molecule has 0 aromatic heterocycles. The van der Waals surface area contributed by atoms with Gasteiger partial charge in [0.25, 0.3) is 0 Å². The second-order valence-corrected chi connectivity index (χ2v) is 14.6. The van der Waals surface area contributed by atoms with Crippen molar-refractivity contribution in [3.05, 3.63) is 12.2 Å². The Morgan fingerprint density at radius 1 is 0.796 bits per heavy atom. The van der Waals surface area contributed by atoms with Crippen LogP contribution in [0.1, 0.15) is 155 Å². The average molecular weight is 724 g/mol. The summed E-state index contributed by atoms with van der Waals surface area (Å²) in [5.41, 5.74) is 0. The van der Waals surface area contributed by atoms with Crippen LogP contribution < -0.4 is 5.32 Å². The summed E-state index contributed by atoms with van der Waals surface area (Å²) < 4.78 is 47.3. The van der Waals surface area contributed by atoms with E-state index in [-0.39, 0.29) is 18.9 Å². The number of allylic oxidation sites excluding steroid dienone is 1. The van der Waals surface area contributed by atoms with Gasteiger partial charge in [-0.15, -0.1) is 0 Å². The number of hydrogen-bond acceptors (Lipinski definition) is 10. The molecule has 0 aliphatic carbocycles. The highest BCUT2D eigenvalue weighted by Gasteiger charge is 2.48. The predicted octanol–water partition coefficient (Wildman–Crippen LogP) is 5.65. The average Bonchev–Trinajstić information content (AvgIpc) is 3.06. The lowest BCUT2D eigenvalue weighted by Crippen LogP contribution is -2.61. The number of carbonyl (C=O) groups is 1. The van der Waals surface area contributed by atoms with Gasteiger partial charge in [-0.2, -0.15) is 8.42 Å². The van der Waals surface area contributed by atoms with Crippen LogP contribution in [0.4, 0.5) is 0 Å². The molecule has 0 saturated carbocycles. The van der Waals surface area contributed by atoms with Crippen LogP contribution in [-0.2, 0) is 28.9 Å². The first-order valence-corrected chi connectivity index (χ1v) is 20.4. The summed E-state index contributed by atoms with van der Waals surface area (Å²) in [6, 6.07) is -0.934. The Labute approximate surface area is 296 Å². The third-order valence-corrected chi connectivity index (χ3v) is 9.53. The molecule has 13 heteroatoms. The van der Waals surface area contributed by atoms with Crippen molar-refractivity contribution >= 4 is 16.3 Å². The Kier molecular flexibility index (Phi) is 26.6. The van der Waals surface area contributed by atoms with Gasteiger partial charge in [0.05, 0.1) is 25.4 Å². The Hall–Kier alpha value is -1.16. The van der Waals surface area contributed by atoms with E-state index < -0.39 is 59.9 Å². The molecule has 1 fully saturated rings. The molecule has 1 amide bonds. The molecule has 12 nitrogen and oxygen atoms in total. The lowest BCUT2D eigenvalue weighted by atomic mass is 9.99. The summed E-state index contributed by atoms with van der Waals surface area (Å²) in [5.74, 6) is -0.268. The summed E-state index contributed by atoms with van der Waals surface area (Å²) >= 11 is 0. The molecule has 0 radical (unpaired) electrons. The number of ether oxygens (including phenoxy) is 2. The van der Waals surface area contributed by atoms with Gasteiger partial charge < -0.3 is 35.2 Å². The first kappa shape index (κ1) is 45.9. The number of aliphatic hydroxyl groups excluding tert-OH is 4. The fourth-order valence-electron chi connectivity index (χ4n) is 6.04. The maximum atomic E-state index is 12.9. The maximum absolute atomic E-state index is 12.9. The summed E-state index contributed by atoms with van der Waals surface area (Å²) in [7, 11) is -5.07. The molecule has 0 spiro atoms. The summed E-state index contributed by atoms with van der Waals surface area (Å²) in [4.78, 5) is 12.9. The fraction of sp³-hybridized carbons (Fsp3) is 0.917. The maximum Gasteiger partial charge on any atom is 0.397 e. The van der Waals surface area contributed by atoms with Crippen LogP contribution >= 0.6 is 0 Å². The van der Waals surface area contributed by atoms with Crippen molar-refractivity contribution in [2.24, 2.45) is 0 Å². The van der Waals surface area contributed by atoms with Gasteiger partial charge in [-0.1, -0.05) is 142 Å². The highest BCUT2D eigenvalue weighted by molar-refractivity contribution is 7.80. The molecular formula is C36H69NO11S. The molecule has 1 aliphatic heterocycles. The second kappa shape index (κ2) is 28.4. The van der Waals surface area contributed by atoms with Crippen LogP contribution in [0.5, 0.6) is 0 Å². The molecule has 7 atom stereocenters. The van der Waals surface area contributed by atoms with Crippen molar-refractivity contribution in [3.63, 3.8) is 0 Å². The second-order valence-electron chi connectivity index (χ2n) is 13.5. The van der Waals surface area contributed by atoms with Gasteiger partial charge in [-0.3, -0.25) is 9.35 Å². The minimum atomic E-state index is -5.07. The Balaban J connectivity index is 2.66. The van der Waals surface area contributed by atoms with Crippen LogP contribution in [-0.4, -0.2) is 95.4 Å². The fourth-order valence-corrected chi connectivity index (χ4v) is 6.55. The van der Waals surface area contributed by atoms with E-state index in [1.807, 2.05) is 6.08 Å². The van der Waals surface area contributed by atoms with Crippen molar-refractivity contribution < 1.29 is 51.8 Å². The van der Waals surface area contributed by atoms with Gasteiger partial charge >= 0.3 is 10.4 Å². The minimum Gasteiger partial charge on any atom is -0.394 e. The van der Waals surface area contributed by atoms with Gasteiger partial charge in [0.2, 0.25) is 5.91 Å². The molecule has 0 aromatic rings. The van der Waals surface area contributed by atoms with Gasteiger partial charge in [0, 0.05) is 6.42 Å². The Morgan fingerprint density at radius 2 is 1.29 bits per heavy atom. The van der Waals surface area contributed by atoms with E-state index >= 15 is 0 Å². The van der Waals surface area contributed by atoms with Crippen LogP contribution in [0, 0.1) is 0 Å². The van der Waals surface area contributed by atoms with Crippen molar-refractivity contribution in [1.29, 1.82) is 0 Å². The van der Waals surface area contributed by atoms with Crippen molar-refractivity contribution in [2.75, 3.05) is 13.2 Å². The molecule has 49 heavy (non-hydrogen) atoms. The van der Waals surface area contributed by atoms with E-state index in [9.17, 15) is 33.6 Å². The first-order valence-electron chi connectivity index (χ1n) is 19.1. The minimum absolute atomic E-state index is 0.268. The van der Waals surface area contributed by atoms with E-state index in [0.29, 0.717) is 6.42 Å². The predicted molar refractivity (Wildman–Crippen MR) is 190 cm³/mol. The van der Waals surface area contributed by atoms with E-state index in [1.54, 1.807) is 6.08 Å². The molecule has 1 rings (SSSR count). The van der Waals surface area contributed by atoms with Crippen LogP contribution in [0.25, 0.3) is 0 Å². The van der Waals surface area contributed by atoms with E-state index in [4.69, 9.17) is 14.0 Å². The van der Waals surface area contributed by atoms with Gasteiger partial charge in [-0.05, 0) is 19.3 Å². The van der Waals surface area contributed by atoms with Crippen LogP contribution in [0.2, 0.25) is 0 Å². The molecular weight excluding hydrogens is 654 g/mol. The molecule has 6 N–H and O–H groups in total. The topological polar surface area (TPSA) is 192 Å². The molecule has 290 valence electrons. The number of rotatable bonds is 31. The van der Waals surface area contributed by atoms with Crippen molar-refractivity contribution in [2.45, 2.75) is 198 Å². The third-order valence-electron chi connectivity index (χ3n) is 9.07. The van der Waals surface area contributed by atoms with Gasteiger partial charge in [0.15, 0.2) is 6.29 Å². The molecule has 3 unspecified atom stereocenters. The quantitative estimate of drug-likeness (QED) is 0.0294. The lowest BCUT2D eigenvalue weighted by Gasteiger charge is -2.41. The zero-order valence-corrected chi connectivity index (χ0v) is 31.1. The van der Waals surface area contributed by atoms with E-state index in [0.717, 1.165) is 38.5 Å². The normalized spacial score (nSPS) is 22.8. The number of hydrogen-bond donors (Lipinski definition) is 6. The molecule has 0 aromatic carbocycles. The van der Waals surface area contributed by atoms with Gasteiger partial charge in [0.1, 0.15) is 24.4 Å². The summed E-state index contributed by atoms with van der Waals surface area (Å²) in [6.45, 7) is 3.32. The lowest BCUT2D eigenvalue weighted by molar-refractivity contribution is -0.298.